The molecule has 0 aliphatic heterocycles. The van der Waals surface area contributed by atoms with Crippen LogP contribution in [0.3, 0.4) is 0 Å². The highest BCUT2D eigenvalue weighted by atomic mass is 35.5. The van der Waals surface area contributed by atoms with Crippen LogP contribution in [0.1, 0.15) is 20.7 Å². The third kappa shape index (κ3) is 7.11. The number of hydrogen-bond acceptors (Lipinski definition) is 6. The number of carboxylic acids is 1. The largest absolute Gasteiger partial charge is 0.478 e. The van der Waals surface area contributed by atoms with Crippen molar-refractivity contribution in [3.05, 3.63) is 97.9 Å². The molecule has 1 amide bonds. The molecule has 12 heteroatoms. The molecule has 36 heavy (non-hydrogen) atoms. The molecule has 3 rings (SSSR count). The van der Waals surface area contributed by atoms with Crippen molar-refractivity contribution >= 4 is 75.9 Å². The minimum atomic E-state index is -2.23. The topological polar surface area (TPSA) is 119 Å². The number of rotatable bonds is 8. The second-order valence-electron chi connectivity index (χ2n) is 7.12. The van der Waals surface area contributed by atoms with Gasteiger partial charge in [0, 0.05) is 15.1 Å². The van der Waals surface area contributed by atoms with Gasteiger partial charge in [-0.15, -0.1) is 0 Å². The average Bonchev–Trinajstić information content (AvgIpc) is 2.83. The van der Waals surface area contributed by atoms with Crippen molar-refractivity contribution in [1.29, 1.82) is 0 Å². The Kier molecular flexibility index (Phi) is 9.17. The Labute approximate surface area is 224 Å². The zero-order valence-corrected chi connectivity index (χ0v) is 20.9. The summed E-state index contributed by atoms with van der Waals surface area (Å²) >= 11 is 23.6. The SMILES string of the molecule is O=C(O[C@H](C(=O)O)[C@H](OC(=O)c1ccc(Cl)cc1)C(=O)Nc1ccc(Cl)cc1Cl)c1ccc(Cl)cc1. The molecule has 0 spiro atoms. The summed E-state index contributed by atoms with van der Waals surface area (Å²) in [5.74, 6) is -5.03. The van der Waals surface area contributed by atoms with E-state index in [1.807, 2.05) is 0 Å². The summed E-state index contributed by atoms with van der Waals surface area (Å²) in [5.41, 5.74) is -0.0313. The first-order valence-corrected chi connectivity index (χ1v) is 11.5. The van der Waals surface area contributed by atoms with E-state index in [-0.39, 0.29) is 26.9 Å². The molecule has 0 aliphatic carbocycles. The number of aliphatic carboxylic acids is 1. The summed E-state index contributed by atoms with van der Waals surface area (Å²) < 4.78 is 10.3. The molecular weight excluding hydrogens is 556 g/mol. The second kappa shape index (κ2) is 12.1. The van der Waals surface area contributed by atoms with E-state index in [1.54, 1.807) is 0 Å². The number of nitrogens with one attached hydrogen (secondary N) is 1. The molecule has 2 N–H and O–H groups in total. The van der Waals surface area contributed by atoms with Gasteiger partial charge in [0.2, 0.25) is 12.2 Å². The number of anilines is 1. The highest BCUT2D eigenvalue weighted by molar-refractivity contribution is 6.36. The summed E-state index contributed by atoms with van der Waals surface area (Å²) in [6.07, 6.45) is -4.34. The van der Waals surface area contributed by atoms with Gasteiger partial charge in [0.1, 0.15) is 0 Å². The number of carboxylic acid groups (broad SMARTS) is 1. The number of hydrogen-bond donors (Lipinski definition) is 2. The summed E-state index contributed by atoms with van der Waals surface area (Å²) in [6, 6.07) is 14.9. The quantitative estimate of drug-likeness (QED) is 0.330. The van der Waals surface area contributed by atoms with Gasteiger partial charge in [-0.3, -0.25) is 4.79 Å². The maximum absolute atomic E-state index is 13.1. The van der Waals surface area contributed by atoms with Crippen molar-refractivity contribution in [3.8, 4) is 0 Å². The van der Waals surface area contributed by atoms with Crippen LogP contribution in [0.15, 0.2) is 66.7 Å². The highest BCUT2D eigenvalue weighted by Crippen LogP contribution is 2.26. The molecule has 0 aliphatic rings. The lowest BCUT2D eigenvalue weighted by molar-refractivity contribution is -0.157. The van der Waals surface area contributed by atoms with Crippen LogP contribution >= 0.6 is 46.4 Å². The van der Waals surface area contributed by atoms with E-state index in [0.717, 1.165) is 0 Å². The predicted octanol–water partition coefficient (Wildman–Crippen LogP) is 5.77. The van der Waals surface area contributed by atoms with Gasteiger partial charge in [-0.25, -0.2) is 14.4 Å². The van der Waals surface area contributed by atoms with Crippen LogP contribution in [-0.2, 0) is 19.1 Å². The first-order valence-electron chi connectivity index (χ1n) is 9.97. The Hall–Kier alpha value is -3.30. The molecule has 0 saturated heterocycles. The number of esters is 2. The first kappa shape index (κ1) is 27.3. The van der Waals surface area contributed by atoms with Gasteiger partial charge >= 0.3 is 17.9 Å². The molecule has 0 fully saturated rings. The van der Waals surface area contributed by atoms with Crippen molar-refractivity contribution in [3.63, 3.8) is 0 Å². The summed E-state index contributed by atoms with van der Waals surface area (Å²) in [4.78, 5) is 50.5. The minimum Gasteiger partial charge on any atom is -0.478 e. The normalized spacial score (nSPS) is 12.2. The molecule has 3 aromatic rings. The lowest BCUT2D eigenvalue weighted by Gasteiger charge is -2.24. The molecule has 186 valence electrons. The molecule has 0 heterocycles. The van der Waals surface area contributed by atoms with Crippen molar-refractivity contribution < 1.29 is 33.8 Å². The van der Waals surface area contributed by atoms with Crippen LogP contribution in [0.4, 0.5) is 5.69 Å². The molecule has 0 aromatic heterocycles. The minimum absolute atomic E-state index is 0.0312. The van der Waals surface area contributed by atoms with Gasteiger partial charge < -0.3 is 19.9 Å². The fourth-order valence-corrected chi connectivity index (χ4v) is 3.54. The lowest BCUT2D eigenvalue weighted by atomic mass is 10.1. The van der Waals surface area contributed by atoms with Crippen molar-refractivity contribution in [2.75, 3.05) is 5.32 Å². The fourth-order valence-electron chi connectivity index (χ4n) is 2.83. The monoisotopic (exact) mass is 569 g/mol. The van der Waals surface area contributed by atoms with Crippen LogP contribution in [0, 0.1) is 0 Å². The Morgan fingerprint density at radius 2 is 1.11 bits per heavy atom. The van der Waals surface area contributed by atoms with E-state index >= 15 is 0 Å². The third-order valence-corrected chi connectivity index (χ3v) is 5.65. The molecule has 8 nitrogen and oxygen atoms in total. The molecule has 0 radical (unpaired) electrons. The van der Waals surface area contributed by atoms with Gasteiger partial charge in [-0.2, -0.15) is 0 Å². The Morgan fingerprint density at radius 3 is 1.56 bits per heavy atom. The number of ether oxygens (including phenoxy) is 2. The average molecular weight is 571 g/mol. The van der Waals surface area contributed by atoms with Gasteiger partial charge in [0.25, 0.3) is 5.91 Å². The maximum atomic E-state index is 13.1. The zero-order valence-electron chi connectivity index (χ0n) is 17.9. The first-order chi connectivity index (χ1) is 17.0. The van der Waals surface area contributed by atoms with E-state index in [0.29, 0.717) is 10.0 Å². The van der Waals surface area contributed by atoms with E-state index in [4.69, 9.17) is 55.9 Å². The highest BCUT2D eigenvalue weighted by Gasteiger charge is 2.41. The maximum Gasteiger partial charge on any atom is 0.349 e. The van der Waals surface area contributed by atoms with E-state index in [2.05, 4.69) is 5.32 Å². The van der Waals surface area contributed by atoms with Crippen LogP contribution < -0.4 is 5.32 Å². The van der Waals surface area contributed by atoms with E-state index < -0.39 is 36.0 Å². The Balaban J connectivity index is 1.92. The van der Waals surface area contributed by atoms with Crippen LogP contribution in [0.25, 0.3) is 0 Å². The van der Waals surface area contributed by atoms with Gasteiger partial charge in [-0.05, 0) is 66.7 Å². The Morgan fingerprint density at radius 1 is 0.667 bits per heavy atom. The van der Waals surface area contributed by atoms with Crippen molar-refractivity contribution in [1.82, 2.24) is 0 Å². The number of amides is 1. The van der Waals surface area contributed by atoms with Crippen LogP contribution in [0.2, 0.25) is 20.1 Å². The number of carbonyl (C=O) groups is 4. The lowest BCUT2D eigenvalue weighted by Crippen LogP contribution is -2.48. The molecule has 0 unspecified atom stereocenters. The molecule has 2 atom stereocenters. The van der Waals surface area contributed by atoms with Crippen molar-refractivity contribution in [2.45, 2.75) is 12.2 Å². The van der Waals surface area contributed by atoms with Gasteiger partial charge in [0.15, 0.2) is 0 Å². The Bertz CT molecular complexity index is 1300. The molecule has 3 aromatic carbocycles. The smallest absolute Gasteiger partial charge is 0.349 e. The number of benzene rings is 3. The molecule has 0 bridgehead atoms. The summed E-state index contributed by atoms with van der Waals surface area (Å²) in [7, 11) is 0. The third-order valence-electron chi connectivity index (χ3n) is 4.59. The van der Waals surface area contributed by atoms with E-state index in [1.165, 1.54) is 66.7 Å². The molecular formula is C24H15Cl4NO7. The summed E-state index contributed by atoms with van der Waals surface area (Å²) in [6.45, 7) is 0. The molecule has 0 saturated carbocycles. The van der Waals surface area contributed by atoms with Crippen molar-refractivity contribution in [2.24, 2.45) is 0 Å². The number of halogens is 4. The van der Waals surface area contributed by atoms with Gasteiger partial charge in [0.05, 0.1) is 21.8 Å². The van der Waals surface area contributed by atoms with Gasteiger partial charge in [-0.1, -0.05) is 46.4 Å². The second-order valence-corrected chi connectivity index (χ2v) is 8.83. The van der Waals surface area contributed by atoms with E-state index in [9.17, 15) is 24.3 Å². The fraction of sp³-hybridized carbons (Fsp3) is 0.0833. The zero-order chi connectivity index (χ0) is 26.4. The standard InChI is InChI=1S/C24H15Cl4NO7/c25-14-5-1-12(2-6-14)23(33)35-19(21(30)29-18-10-9-16(27)11-17(18)28)20(22(31)32)36-24(34)13-3-7-15(26)8-4-13/h1-11,19-20H,(H,29,30)(H,31,32)/t19-,20-/m0/s1. The predicted molar refractivity (Wildman–Crippen MR) is 134 cm³/mol. The van der Waals surface area contributed by atoms with Crippen LogP contribution in [-0.4, -0.2) is 41.1 Å². The van der Waals surface area contributed by atoms with Crippen LogP contribution in [0.5, 0.6) is 0 Å². The summed E-state index contributed by atoms with van der Waals surface area (Å²) in [5, 5.41) is 13.1. The number of carbonyl (C=O) groups excluding carboxylic acids is 3.